The van der Waals surface area contributed by atoms with Crippen LogP contribution in [0, 0.1) is 0 Å². The van der Waals surface area contributed by atoms with Crippen LogP contribution in [0.15, 0.2) is 23.6 Å². The number of aromatic nitrogens is 1. The van der Waals surface area contributed by atoms with Crippen molar-refractivity contribution in [2.75, 3.05) is 5.73 Å². The summed E-state index contributed by atoms with van der Waals surface area (Å²) in [7, 11) is 0. The number of thiazole rings is 1. The van der Waals surface area contributed by atoms with Gasteiger partial charge in [0.25, 0.3) is 5.91 Å². The summed E-state index contributed by atoms with van der Waals surface area (Å²) in [4.78, 5) is 42.0. The molecule has 1 atom stereocenters. The summed E-state index contributed by atoms with van der Waals surface area (Å²) < 4.78 is 0. The maximum atomic E-state index is 12.8. The average molecular weight is 385 g/mol. The monoisotopic (exact) mass is 385 g/mol. The van der Waals surface area contributed by atoms with Crippen LogP contribution in [0.5, 0.6) is 0 Å². The van der Waals surface area contributed by atoms with E-state index in [1.165, 1.54) is 11.3 Å². The number of imide groups is 1. The minimum Gasteiger partial charge on any atom is -0.375 e. The molecule has 8 nitrogen and oxygen atoms in total. The summed E-state index contributed by atoms with van der Waals surface area (Å²) in [6, 6.07) is 5.19. The van der Waals surface area contributed by atoms with Gasteiger partial charge in [-0.1, -0.05) is 12.1 Å². The molecule has 0 radical (unpaired) electrons. The molecule has 1 saturated heterocycles. The van der Waals surface area contributed by atoms with E-state index in [-0.39, 0.29) is 18.2 Å². The number of hydrogen-bond acceptors (Lipinski definition) is 7. The van der Waals surface area contributed by atoms with E-state index < -0.39 is 11.9 Å². The normalized spacial score (nSPS) is 19.3. The van der Waals surface area contributed by atoms with Crippen LogP contribution in [0.1, 0.15) is 40.0 Å². The maximum absolute atomic E-state index is 12.8. The lowest BCUT2D eigenvalue weighted by atomic mass is 10.0. The number of nitrogens with zero attached hydrogens (tertiary/aromatic N) is 2. The summed E-state index contributed by atoms with van der Waals surface area (Å²) in [6.07, 6.45) is 0.627. The van der Waals surface area contributed by atoms with E-state index in [1.54, 1.807) is 4.90 Å². The molecule has 2 aliphatic rings. The lowest BCUT2D eigenvalue weighted by molar-refractivity contribution is -0.136. The minimum atomic E-state index is -0.584. The van der Waals surface area contributed by atoms with Gasteiger partial charge in [0.15, 0.2) is 5.13 Å². The van der Waals surface area contributed by atoms with E-state index in [2.05, 4.69) is 15.6 Å². The number of anilines is 1. The van der Waals surface area contributed by atoms with Crippen LogP contribution in [0.2, 0.25) is 0 Å². The Bertz CT molecular complexity index is 925. The van der Waals surface area contributed by atoms with Gasteiger partial charge in [-0.3, -0.25) is 19.7 Å². The van der Waals surface area contributed by atoms with Crippen molar-refractivity contribution >= 4 is 34.2 Å². The standard InChI is InChI=1S/C18H19N5O3S/c19-18-21-12(9-27-18)7-20-6-10-1-2-11-8-23(17(26)13(11)5-10)14-3-4-15(24)22-16(14)25/h1-2,5,9,14,20H,3-4,6-8H2,(H2,19,21)(H,22,24,25). The Morgan fingerprint density at radius 2 is 2.15 bits per heavy atom. The van der Waals surface area contributed by atoms with Crippen molar-refractivity contribution < 1.29 is 14.4 Å². The zero-order valence-electron chi connectivity index (χ0n) is 14.5. The SMILES string of the molecule is Nc1nc(CNCc2ccc3c(c2)C(=O)N(C2CCC(=O)NC2=O)C3)cs1. The second-order valence-electron chi connectivity index (χ2n) is 6.67. The average Bonchev–Trinajstić information content (AvgIpc) is 3.19. The van der Waals surface area contributed by atoms with Gasteiger partial charge in [-0.25, -0.2) is 4.98 Å². The first-order valence-corrected chi connectivity index (χ1v) is 9.56. The zero-order chi connectivity index (χ0) is 19.0. The molecule has 0 spiro atoms. The molecule has 1 aromatic carbocycles. The van der Waals surface area contributed by atoms with Crippen LogP contribution in [0.3, 0.4) is 0 Å². The van der Waals surface area contributed by atoms with Crippen LogP contribution in [0.25, 0.3) is 0 Å². The van der Waals surface area contributed by atoms with Crippen LogP contribution < -0.4 is 16.4 Å². The van der Waals surface area contributed by atoms with Gasteiger partial charge in [0.1, 0.15) is 6.04 Å². The van der Waals surface area contributed by atoms with Crippen molar-refractivity contribution in [2.24, 2.45) is 0 Å². The third-order valence-corrected chi connectivity index (χ3v) is 5.52. The first-order valence-electron chi connectivity index (χ1n) is 8.68. The van der Waals surface area contributed by atoms with Gasteiger partial charge in [-0.05, 0) is 23.6 Å². The predicted molar refractivity (Wildman–Crippen MR) is 99.6 cm³/mol. The second kappa shape index (κ2) is 7.09. The smallest absolute Gasteiger partial charge is 0.255 e. The number of nitrogen functional groups attached to an aromatic ring is 1. The van der Waals surface area contributed by atoms with Gasteiger partial charge in [0, 0.05) is 37.0 Å². The molecule has 2 aliphatic heterocycles. The summed E-state index contributed by atoms with van der Waals surface area (Å²) in [5.41, 5.74) is 9.02. The first-order chi connectivity index (χ1) is 13.0. The number of carbonyl (C=O) groups is 3. The molecule has 27 heavy (non-hydrogen) atoms. The number of piperidine rings is 1. The lowest BCUT2D eigenvalue weighted by Crippen LogP contribution is -2.52. The Kier molecular flexibility index (Phi) is 4.63. The van der Waals surface area contributed by atoms with E-state index >= 15 is 0 Å². The largest absolute Gasteiger partial charge is 0.375 e. The molecular weight excluding hydrogens is 366 g/mol. The molecule has 3 amide bonds. The first kappa shape index (κ1) is 17.6. The van der Waals surface area contributed by atoms with Crippen LogP contribution in [-0.4, -0.2) is 33.6 Å². The molecule has 1 fully saturated rings. The molecule has 0 aliphatic carbocycles. The predicted octanol–water partition coefficient (Wildman–Crippen LogP) is 0.776. The summed E-state index contributed by atoms with van der Waals surface area (Å²) in [5, 5.41) is 8.05. The number of carbonyl (C=O) groups excluding carboxylic acids is 3. The van der Waals surface area contributed by atoms with E-state index in [4.69, 9.17) is 5.73 Å². The number of rotatable bonds is 5. The highest BCUT2D eigenvalue weighted by Gasteiger charge is 2.38. The third kappa shape index (κ3) is 3.56. The van der Waals surface area contributed by atoms with Gasteiger partial charge in [0.05, 0.1) is 5.69 Å². The molecule has 4 N–H and O–H groups in total. The van der Waals surface area contributed by atoms with Crippen LogP contribution >= 0.6 is 11.3 Å². The number of nitrogens with one attached hydrogen (secondary N) is 2. The van der Waals surface area contributed by atoms with E-state index in [1.807, 2.05) is 23.6 Å². The van der Waals surface area contributed by atoms with Crippen molar-refractivity contribution in [2.45, 2.75) is 38.5 Å². The fourth-order valence-electron chi connectivity index (χ4n) is 3.45. The molecule has 0 bridgehead atoms. The summed E-state index contributed by atoms with van der Waals surface area (Å²) in [6.45, 7) is 1.59. The molecular formula is C18H19N5O3S. The Labute approximate surface area is 159 Å². The van der Waals surface area contributed by atoms with Gasteiger partial charge in [-0.2, -0.15) is 0 Å². The van der Waals surface area contributed by atoms with E-state index in [9.17, 15) is 14.4 Å². The summed E-state index contributed by atoms with van der Waals surface area (Å²) >= 11 is 1.40. The fraction of sp³-hybridized carbons (Fsp3) is 0.333. The number of nitrogens with two attached hydrogens (primary N) is 1. The van der Waals surface area contributed by atoms with Crippen molar-refractivity contribution in [3.05, 3.63) is 46.0 Å². The molecule has 140 valence electrons. The quantitative estimate of drug-likeness (QED) is 0.655. The highest BCUT2D eigenvalue weighted by molar-refractivity contribution is 7.13. The number of fused-ring (bicyclic) bond motifs is 1. The third-order valence-electron chi connectivity index (χ3n) is 4.80. The Morgan fingerprint density at radius 3 is 2.89 bits per heavy atom. The van der Waals surface area contributed by atoms with Gasteiger partial charge in [-0.15, -0.1) is 11.3 Å². The molecule has 2 aromatic rings. The van der Waals surface area contributed by atoms with Gasteiger partial charge in [0.2, 0.25) is 11.8 Å². The minimum absolute atomic E-state index is 0.159. The molecule has 4 rings (SSSR count). The van der Waals surface area contributed by atoms with Crippen LogP contribution in [-0.2, 0) is 29.2 Å². The Morgan fingerprint density at radius 1 is 1.30 bits per heavy atom. The van der Waals surface area contributed by atoms with Gasteiger partial charge < -0.3 is 16.0 Å². The van der Waals surface area contributed by atoms with Crippen molar-refractivity contribution in [1.82, 2.24) is 20.5 Å². The zero-order valence-corrected chi connectivity index (χ0v) is 15.3. The number of benzene rings is 1. The summed E-state index contributed by atoms with van der Waals surface area (Å²) in [5.74, 6) is -0.832. The van der Waals surface area contributed by atoms with Crippen LogP contribution in [0.4, 0.5) is 5.13 Å². The topological polar surface area (TPSA) is 117 Å². The lowest BCUT2D eigenvalue weighted by Gasteiger charge is -2.29. The second-order valence-corrected chi connectivity index (χ2v) is 7.56. The molecule has 1 unspecified atom stereocenters. The number of amides is 3. The molecule has 0 saturated carbocycles. The highest BCUT2D eigenvalue weighted by atomic mass is 32.1. The van der Waals surface area contributed by atoms with E-state index in [0.29, 0.717) is 36.8 Å². The molecule has 1 aromatic heterocycles. The van der Waals surface area contributed by atoms with Crippen molar-refractivity contribution in [3.8, 4) is 0 Å². The molecule has 3 heterocycles. The van der Waals surface area contributed by atoms with Crippen molar-refractivity contribution in [3.63, 3.8) is 0 Å². The highest BCUT2D eigenvalue weighted by Crippen LogP contribution is 2.28. The maximum Gasteiger partial charge on any atom is 0.255 e. The van der Waals surface area contributed by atoms with Gasteiger partial charge >= 0.3 is 0 Å². The Hall–Kier alpha value is -2.78. The fourth-order valence-corrected chi connectivity index (χ4v) is 4.01. The molecule has 9 heteroatoms. The number of hydrogen-bond donors (Lipinski definition) is 3. The Balaban J connectivity index is 1.42. The van der Waals surface area contributed by atoms with E-state index in [0.717, 1.165) is 16.8 Å². The van der Waals surface area contributed by atoms with Crippen molar-refractivity contribution in [1.29, 1.82) is 0 Å².